The van der Waals surface area contributed by atoms with Gasteiger partial charge in [0.25, 0.3) is 5.91 Å². The Kier molecular flexibility index (Phi) is 3.47. The van der Waals surface area contributed by atoms with Crippen molar-refractivity contribution in [2.24, 2.45) is 0 Å². The van der Waals surface area contributed by atoms with E-state index in [9.17, 15) is 13.6 Å². The summed E-state index contributed by atoms with van der Waals surface area (Å²) in [5, 5.41) is 0. The van der Waals surface area contributed by atoms with Crippen LogP contribution in [0.3, 0.4) is 0 Å². The maximum Gasteiger partial charge on any atom is 0.257 e. The minimum atomic E-state index is -1.07. The molecule has 0 spiro atoms. The van der Waals surface area contributed by atoms with Crippen LogP contribution in [0.4, 0.5) is 8.78 Å². The molecule has 1 amide bonds. The van der Waals surface area contributed by atoms with Crippen LogP contribution in [-0.2, 0) is 0 Å². The van der Waals surface area contributed by atoms with Crippen molar-refractivity contribution in [3.05, 3.63) is 33.8 Å². The lowest BCUT2D eigenvalue weighted by atomic mass is 10.1. The summed E-state index contributed by atoms with van der Waals surface area (Å²) in [6, 6.07) is 2.43. The number of amides is 1. The Morgan fingerprint density at radius 3 is 2.76 bits per heavy atom. The smallest absolute Gasteiger partial charge is 0.257 e. The van der Waals surface area contributed by atoms with Crippen LogP contribution in [0.25, 0.3) is 0 Å². The largest absolute Gasteiger partial charge is 0.336 e. The van der Waals surface area contributed by atoms with E-state index in [1.807, 2.05) is 6.92 Å². The van der Waals surface area contributed by atoms with E-state index in [4.69, 9.17) is 0 Å². The first-order valence-corrected chi connectivity index (χ1v) is 6.25. The molecule has 0 saturated carbocycles. The van der Waals surface area contributed by atoms with E-state index in [1.54, 1.807) is 4.90 Å². The Bertz CT molecular complexity index is 464. The predicted molar refractivity (Wildman–Crippen MR) is 63.8 cm³/mol. The summed E-state index contributed by atoms with van der Waals surface area (Å²) in [5.74, 6) is -2.51. The summed E-state index contributed by atoms with van der Waals surface area (Å²) in [6.45, 7) is 2.52. The molecule has 0 N–H and O–H groups in total. The molecule has 1 fully saturated rings. The quantitative estimate of drug-likeness (QED) is 0.729. The topological polar surface area (TPSA) is 20.3 Å². The maximum atomic E-state index is 13.6. The van der Waals surface area contributed by atoms with Crippen molar-refractivity contribution in [1.82, 2.24) is 4.90 Å². The zero-order valence-corrected chi connectivity index (χ0v) is 10.9. The zero-order chi connectivity index (χ0) is 12.6. The van der Waals surface area contributed by atoms with Gasteiger partial charge in [0, 0.05) is 17.1 Å². The predicted octanol–water partition coefficient (Wildman–Crippen LogP) is 3.35. The molecule has 1 aromatic carbocycles. The van der Waals surface area contributed by atoms with Crippen LogP contribution in [0.5, 0.6) is 0 Å². The third-order valence-electron chi connectivity index (χ3n) is 3.04. The number of halogens is 3. The molecule has 5 heteroatoms. The van der Waals surface area contributed by atoms with Crippen molar-refractivity contribution in [3.8, 4) is 0 Å². The molecule has 1 aromatic rings. The molecule has 0 unspecified atom stereocenters. The molecule has 0 aromatic heterocycles. The lowest BCUT2D eigenvalue weighted by Crippen LogP contribution is -2.34. The second-order valence-electron chi connectivity index (χ2n) is 4.24. The molecule has 2 rings (SSSR count). The van der Waals surface area contributed by atoms with Crippen molar-refractivity contribution >= 4 is 21.8 Å². The molecule has 0 bridgehead atoms. The highest BCUT2D eigenvalue weighted by molar-refractivity contribution is 9.10. The number of hydrogen-bond donors (Lipinski definition) is 0. The average Bonchev–Trinajstić information content (AvgIpc) is 2.69. The number of carbonyl (C=O) groups is 1. The summed E-state index contributed by atoms with van der Waals surface area (Å²) in [6.07, 6.45) is 1.81. The molecule has 0 aliphatic carbocycles. The van der Waals surface area contributed by atoms with Gasteiger partial charge in [0.15, 0.2) is 11.6 Å². The Morgan fingerprint density at radius 2 is 2.18 bits per heavy atom. The van der Waals surface area contributed by atoms with Crippen LogP contribution in [0.2, 0.25) is 0 Å². The molecule has 0 radical (unpaired) electrons. The van der Waals surface area contributed by atoms with E-state index in [-0.39, 0.29) is 11.6 Å². The maximum absolute atomic E-state index is 13.6. The Hall–Kier alpha value is -0.970. The molecular weight excluding hydrogens is 292 g/mol. The van der Waals surface area contributed by atoms with E-state index in [2.05, 4.69) is 15.9 Å². The van der Waals surface area contributed by atoms with Crippen LogP contribution in [0.1, 0.15) is 30.1 Å². The fourth-order valence-corrected chi connectivity index (χ4v) is 2.53. The summed E-state index contributed by atoms with van der Waals surface area (Å²) in [4.78, 5) is 13.7. The van der Waals surface area contributed by atoms with Crippen molar-refractivity contribution in [3.63, 3.8) is 0 Å². The summed E-state index contributed by atoms with van der Waals surface area (Å²) < 4.78 is 27.1. The summed E-state index contributed by atoms with van der Waals surface area (Å²) >= 11 is 3.06. The van der Waals surface area contributed by atoms with Crippen LogP contribution in [0, 0.1) is 11.6 Å². The van der Waals surface area contributed by atoms with Crippen molar-refractivity contribution in [1.29, 1.82) is 0 Å². The molecule has 1 heterocycles. The Labute approximate surface area is 107 Å². The van der Waals surface area contributed by atoms with E-state index < -0.39 is 17.5 Å². The standard InChI is InChI=1S/C12H12BrF2NO/c1-7-3-2-4-16(7)12(17)9-5-8(13)6-10(14)11(9)15/h5-7H,2-4H2,1H3/t7-/m0/s1. The molecule has 1 saturated heterocycles. The van der Waals surface area contributed by atoms with Gasteiger partial charge in [-0.3, -0.25) is 4.79 Å². The summed E-state index contributed by atoms with van der Waals surface area (Å²) in [7, 11) is 0. The molecular formula is C12H12BrF2NO. The fourth-order valence-electron chi connectivity index (χ4n) is 2.10. The third kappa shape index (κ3) is 2.34. The number of hydrogen-bond acceptors (Lipinski definition) is 1. The number of likely N-dealkylation sites (tertiary alicyclic amines) is 1. The van der Waals surface area contributed by atoms with Gasteiger partial charge in [-0.25, -0.2) is 8.78 Å². The van der Waals surface area contributed by atoms with Gasteiger partial charge in [-0.2, -0.15) is 0 Å². The second kappa shape index (κ2) is 4.72. The monoisotopic (exact) mass is 303 g/mol. The highest BCUT2D eigenvalue weighted by Crippen LogP contribution is 2.24. The number of nitrogens with zero attached hydrogens (tertiary/aromatic N) is 1. The SMILES string of the molecule is C[C@H]1CCCN1C(=O)c1cc(Br)cc(F)c1F. The van der Waals surface area contributed by atoms with Gasteiger partial charge in [0.05, 0.1) is 5.56 Å². The lowest BCUT2D eigenvalue weighted by molar-refractivity contribution is 0.0741. The van der Waals surface area contributed by atoms with Crippen molar-refractivity contribution < 1.29 is 13.6 Å². The van der Waals surface area contributed by atoms with Crippen LogP contribution < -0.4 is 0 Å². The van der Waals surface area contributed by atoms with E-state index in [1.165, 1.54) is 6.07 Å². The Morgan fingerprint density at radius 1 is 1.47 bits per heavy atom. The van der Waals surface area contributed by atoms with Crippen LogP contribution in [0.15, 0.2) is 16.6 Å². The lowest BCUT2D eigenvalue weighted by Gasteiger charge is -2.21. The van der Waals surface area contributed by atoms with E-state index >= 15 is 0 Å². The van der Waals surface area contributed by atoms with E-state index in [0.717, 1.165) is 18.9 Å². The first-order chi connectivity index (χ1) is 8.00. The van der Waals surface area contributed by atoms with Gasteiger partial charge in [0.1, 0.15) is 0 Å². The van der Waals surface area contributed by atoms with E-state index in [0.29, 0.717) is 11.0 Å². The molecule has 92 valence electrons. The summed E-state index contributed by atoms with van der Waals surface area (Å²) in [5.41, 5.74) is -0.203. The number of benzene rings is 1. The minimum Gasteiger partial charge on any atom is -0.336 e. The van der Waals surface area contributed by atoms with Crippen molar-refractivity contribution in [2.45, 2.75) is 25.8 Å². The number of carbonyl (C=O) groups excluding carboxylic acids is 1. The molecule has 2 nitrogen and oxygen atoms in total. The fraction of sp³-hybridized carbons (Fsp3) is 0.417. The normalized spacial score (nSPS) is 19.8. The van der Waals surface area contributed by atoms with Gasteiger partial charge < -0.3 is 4.90 Å². The molecule has 17 heavy (non-hydrogen) atoms. The van der Waals surface area contributed by atoms with Gasteiger partial charge >= 0.3 is 0 Å². The zero-order valence-electron chi connectivity index (χ0n) is 9.34. The second-order valence-corrected chi connectivity index (χ2v) is 5.15. The number of rotatable bonds is 1. The van der Waals surface area contributed by atoms with Crippen LogP contribution >= 0.6 is 15.9 Å². The first kappa shape index (κ1) is 12.5. The highest BCUT2D eigenvalue weighted by atomic mass is 79.9. The van der Waals surface area contributed by atoms with Gasteiger partial charge in [-0.1, -0.05) is 15.9 Å². The third-order valence-corrected chi connectivity index (χ3v) is 3.50. The van der Waals surface area contributed by atoms with Crippen molar-refractivity contribution in [2.75, 3.05) is 6.54 Å². The Balaban J connectivity index is 2.37. The van der Waals surface area contributed by atoms with Gasteiger partial charge in [-0.15, -0.1) is 0 Å². The molecule has 1 atom stereocenters. The highest BCUT2D eigenvalue weighted by Gasteiger charge is 2.28. The van der Waals surface area contributed by atoms with Gasteiger partial charge in [-0.05, 0) is 31.9 Å². The first-order valence-electron chi connectivity index (χ1n) is 5.46. The van der Waals surface area contributed by atoms with Gasteiger partial charge in [0.2, 0.25) is 0 Å². The molecule has 1 aliphatic rings. The van der Waals surface area contributed by atoms with Crippen LogP contribution in [-0.4, -0.2) is 23.4 Å². The average molecular weight is 304 g/mol. The minimum absolute atomic E-state index is 0.0870. The molecule has 1 aliphatic heterocycles.